The number of nitrogens with zero attached hydrogens (tertiary/aromatic N) is 1. The molecule has 0 spiro atoms. The van der Waals surface area contributed by atoms with Crippen molar-refractivity contribution < 1.29 is 0 Å². The van der Waals surface area contributed by atoms with E-state index in [0.717, 1.165) is 24.0 Å². The predicted molar refractivity (Wildman–Crippen MR) is 60.7 cm³/mol. The molecule has 13 heavy (non-hydrogen) atoms. The van der Waals surface area contributed by atoms with Crippen LogP contribution in [0.25, 0.3) is 0 Å². The van der Waals surface area contributed by atoms with Gasteiger partial charge >= 0.3 is 0 Å². The maximum atomic E-state index is 4.33. The van der Waals surface area contributed by atoms with Crippen LogP contribution in [-0.4, -0.2) is 17.5 Å². The van der Waals surface area contributed by atoms with Crippen molar-refractivity contribution in [3.8, 4) is 0 Å². The Labute approximate surface area is 86.5 Å². The van der Waals surface area contributed by atoms with Gasteiger partial charge in [-0.3, -0.25) is 4.99 Å². The zero-order chi connectivity index (χ0) is 9.10. The minimum atomic E-state index is 0.913. The van der Waals surface area contributed by atoms with Crippen molar-refractivity contribution in [1.29, 1.82) is 0 Å². The molecule has 1 N–H and O–H groups in total. The monoisotopic (exact) mass is 212 g/mol. The molecule has 1 aromatic rings. The zero-order valence-electron chi connectivity index (χ0n) is 7.54. The van der Waals surface area contributed by atoms with E-state index in [0.29, 0.717) is 0 Å². The standard InChI is InChI=1S/C9H12N2S2/c1-7-4-8(6-13-7)5-11-9-10-2-3-12-9/h4,6H,2-3,5H2,1H3,(H,10,11). The smallest absolute Gasteiger partial charge is 0.156 e. The Bertz CT molecular complexity index is 317. The van der Waals surface area contributed by atoms with Crippen LogP contribution in [0.5, 0.6) is 0 Å². The van der Waals surface area contributed by atoms with Gasteiger partial charge in [0.1, 0.15) is 0 Å². The van der Waals surface area contributed by atoms with Crippen LogP contribution in [0.4, 0.5) is 0 Å². The third-order valence-corrected chi connectivity index (χ3v) is 3.66. The lowest BCUT2D eigenvalue weighted by molar-refractivity contribution is 0.927. The second-order valence-electron chi connectivity index (χ2n) is 2.95. The molecule has 0 aromatic carbocycles. The van der Waals surface area contributed by atoms with Crippen molar-refractivity contribution in [3.05, 3.63) is 21.9 Å². The van der Waals surface area contributed by atoms with Crippen molar-refractivity contribution >= 4 is 28.3 Å². The Morgan fingerprint density at radius 1 is 1.62 bits per heavy atom. The largest absolute Gasteiger partial charge is 0.361 e. The van der Waals surface area contributed by atoms with E-state index in [1.807, 2.05) is 11.8 Å². The van der Waals surface area contributed by atoms with E-state index in [2.05, 4.69) is 28.7 Å². The number of rotatable bonds is 2. The van der Waals surface area contributed by atoms with Crippen molar-refractivity contribution in [2.75, 3.05) is 12.3 Å². The minimum absolute atomic E-state index is 0.913. The Morgan fingerprint density at radius 3 is 3.15 bits per heavy atom. The van der Waals surface area contributed by atoms with Crippen LogP contribution in [0, 0.1) is 6.92 Å². The fourth-order valence-electron chi connectivity index (χ4n) is 1.21. The van der Waals surface area contributed by atoms with Crippen LogP contribution in [0.15, 0.2) is 16.4 Å². The van der Waals surface area contributed by atoms with Crippen LogP contribution in [0.3, 0.4) is 0 Å². The van der Waals surface area contributed by atoms with E-state index in [1.54, 1.807) is 11.3 Å². The Hall–Kier alpha value is -0.480. The van der Waals surface area contributed by atoms with Crippen LogP contribution in [0.2, 0.25) is 0 Å². The van der Waals surface area contributed by atoms with Gasteiger partial charge in [0.2, 0.25) is 0 Å². The summed E-state index contributed by atoms with van der Waals surface area (Å²) < 4.78 is 0. The highest BCUT2D eigenvalue weighted by molar-refractivity contribution is 8.14. The van der Waals surface area contributed by atoms with Gasteiger partial charge in [0.25, 0.3) is 0 Å². The molecular formula is C9H12N2S2. The lowest BCUT2D eigenvalue weighted by Crippen LogP contribution is -2.17. The van der Waals surface area contributed by atoms with Gasteiger partial charge in [-0.2, -0.15) is 0 Å². The number of amidine groups is 1. The lowest BCUT2D eigenvalue weighted by Gasteiger charge is -2.01. The molecule has 4 heteroatoms. The molecule has 2 nitrogen and oxygen atoms in total. The van der Waals surface area contributed by atoms with Crippen LogP contribution in [-0.2, 0) is 6.54 Å². The van der Waals surface area contributed by atoms with Crippen LogP contribution >= 0.6 is 23.1 Å². The van der Waals surface area contributed by atoms with E-state index in [-0.39, 0.29) is 0 Å². The average molecular weight is 212 g/mol. The number of thioether (sulfide) groups is 1. The number of aliphatic imine (C=N–C) groups is 1. The Kier molecular flexibility index (Phi) is 2.90. The van der Waals surface area contributed by atoms with E-state index in [1.165, 1.54) is 10.4 Å². The highest BCUT2D eigenvalue weighted by Crippen LogP contribution is 2.14. The van der Waals surface area contributed by atoms with Gasteiger partial charge in [-0.25, -0.2) is 0 Å². The molecular weight excluding hydrogens is 200 g/mol. The lowest BCUT2D eigenvalue weighted by atomic mass is 10.3. The quantitative estimate of drug-likeness (QED) is 0.813. The molecule has 0 aliphatic carbocycles. The summed E-state index contributed by atoms with van der Waals surface area (Å²) in [5.41, 5.74) is 1.36. The van der Waals surface area contributed by atoms with E-state index >= 15 is 0 Å². The summed E-state index contributed by atoms with van der Waals surface area (Å²) >= 11 is 3.61. The summed E-state index contributed by atoms with van der Waals surface area (Å²) in [5.74, 6) is 1.13. The average Bonchev–Trinajstić information content (AvgIpc) is 2.71. The molecule has 2 heterocycles. The molecule has 0 bridgehead atoms. The molecule has 0 unspecified atom stereocenters. The second-order valence-corrected chi connectivity index (χ2v) is 5.15. The van der Waals surface area contributed by atoms with Gasteiger partial charge in [0.15, 0.2) is 5.17 Å². The summed E-state index contributed by atoms with van der Waals surface area (Å²) in [4.78, 5) is 5.70. The first-order chi connectivity index (χ1) is 6.34. The van der Waals surface area contributed by atoms with Gasteiger partial charge < -0.3 is 5.32 Å². The van der Waals surface area contributed by atoms with E-state index in [4.69, 9.17) is 0 Å². The van der Waals surface area contributed by atoms with Gasteiger partial charge in [-0.1, -0.05) is 11.8 Å². The topological polar surface area (TPSA) is 24.4 Å². The third kappa shape index (κ3) is 2.48. The number of hydrogen-bond donors (Lipinski definition) is 1. The molecule has 0 saturated carbocycles. The van der Waals surface area contributed by atoms with Gasteiger partial charge in [-0.05, 0) is 23.9 Å². The molecule has 0 atom stereocenters. The molecule has 70 valence electrons. The second kappa shape index (κ2) is 4.15. The van der Waals surface area contributed by atoms with E-state index < -0.39 is 0 Å². The number of thiophene rings is 1. The highest BCUT2D eigenvalue weighted by Gasteiger charge is 2.05. The Balaban J connectivity index is 1.85. The number of aryl methyl sites for hydroxylation is 1. The normalized spacial score (nSPS) is 15.9. The fraction of sp³-hybridized carbons (Fsp3) is 0.444. The Morgan fingerprint density at radius 2 is 2.54 bits per heavy atom. The van der Waals surface area contributed by atoms with Crippen molar-refractivity contribution in [2.24, 2.45) is 4.99 Å². The van der Waals surface area contributed by atoms with Crippen molar-refractivity contribution in [3.63, 3.8) is 0 Å². The predicted octanol–water partition coefficient (Wildman–Crippen LogP) is 2.25. The molecule has 1 aliphatic heterocycles. The minimum Gasteiger partial charge on any atom is -0.361 e. The fourth-order valence-corrected chi connectivity index (χ4v) is 2.65. The van der Waals surface area contributed by atoms with Gasteiger partial charge in [0.05, 0.1) is 6.54 Å². The summed E-state index contributed by atoms with van der Waals surface area (Å²) in [6.45, 7) is 4.02. The van der Waals surface area contributed by atoms with Crippen LogP contribution in [0.1, 0.15) is 10.4 Å². The van der Waals surface area contributed by atoms with Gasteiger partial charge in [0, 0.05) is 17.2 Å². The first-order valence-electron chi connectivity index (χ1n) is 4.30. The molecule has 0 fully saturated rings. The maximum absolute atomic E-state index is 4.33. The summed E-state index contributed by atoms with van der Waals surface area (Å²) in [7, 11) is 0. The van der Waals surface area contributed by atoms with Crippen LogP contribution < -0.4 is 5.32 Å². The van der Waals surface area contributed by atoms with Crippen molar-refractivity contribution in [2.45, 2.75) is 13.5 Å². The van der Waals surface area contributed by atoms with E-state index in [9.17, 15) is 0 Å². The summed E-state index contributed by atoms with van der Waals surface area (Å²) in [6.07, 6.45) is 0. The molecule has 0 radical (unpaired) electrons. The molecule has 0 amide bonds. The molecule has 1 aromatic heterocycles. The maximum Gasteiger partial charge on any atom is 0.156 e. The summed E-state index contributed by atoms with van der Waals surface area (Å²) in [5, 5.41) is 6.63. The highest BCUT2D eigenvalue weighted by atomic mass is 32.2. The van der Waals surface area contributed by atoms with Crippen molar-refractivity contribution in [1.82, 2.24) is 5.32 Å². The molecule has 0 saturated heterocycles. The van der Waals surface area contributed by atoms with Gasteiger partial charge in [-0.15, -0.1) is 11.3 Å². The molecule has 1 aliphatic rings. The third-order valence-electron chi connectivity index (χ3n) is 1.81. The number of nitrogens with one attached hydrogen (secondary N) is 1. The summed E-state index contributed by atoms with van der Waals surface area (Å²) in [6, 6.07) is 2.22. The SMILES string of the molecule is Cc1cc(CNC2=NCCS2)cs1. The zero-order valence-corrected chi connectivity index (χ0v) is 9.17. The molecule has 2 rings (SSSR count). The first kappa shape index (κ1) is 9.09. The first-order valence-corrected chi connectivity index (χ1v) is 6.16. The number of hydrogen-bond acceptors (Lipinski definition) is 4.